The summed E-state index contributed by atoms with van der Waals surface area (Å²) >= 11 is 1.09. The number of carbonyl (C=O) groups excluding carboxylic acids is 1. The zero-order valence-electron chi connectivity index (χ0n) is 12.6. The molecule has 2 rings (SSSR count). The summed E-state index contributed by atoms with van der Waals surface area (Å²) in [7, 11) is 0. The lowest BCUT2D eigenvalue weighted by molar-refractivity contribution is -0.121. The molecule has 2 aromatic heterocycles. The molecule has 0 aliphatic rings. The Kier molecular flexibility index (Phi) is 4.87. The zero-order valence-corrected chi connectivity index (χ0v) is 13.4. The van der Waals surface area contributed by atoms with Crippen LogP contribution in [0.3, 0.4) is 0 Å². The maximum Gasteiger partial charge on any atom is 0.347 e. The van der Waals surface area contributed by atoms with Crippen LogP contribution in [0.25, 0.3) is 0 Å². The number of aryl methyl sites for hydroxylation is 2. The summed E-state index contributed by atoms with van der Waals surface area (Å²) in [6.07, 6.45) is 1.91. The van der Waals surface area contributed by atoms with Crippen molar-refractivity contribution >= 4 is 23.2 Å². The van der Waals surface area contributed by atoms with Crippen molar-refractivity contribution in [3.05, 3.63) is 45.2 Å². The van der Waals surface area contributed by atoms with E-state index < -0.39 is 5.97 Å². The monoisotopic (exact) mass is 319 g/mol. The number of pyridine rings is 1. The van der Waals surface area contributed by atoms with Gasteiger partial charge in [-0.15, -0.1) is 11.3 Å². The summed E-state index contributed by atoms with van der Waals surface area (Å²) in [6, 6.07) is 3.39. The SMILES string of the molecule is Cc1ccc(CC(=O)NC(C)c2nc(C)c(C(=O)O)s2)cn1. The Balaban J connectivity index is 2.00. The number of carboxylic acid groups (broad SMARTS) is 1. The fourth-order valence-corrected chi connectivity index (χ4v) is 2.85. The summed E-state index contributed by atoms with van der Waals surface area (Å²) < 4.78 is 0. The molecule has 6 nitrogen and oxygen atoms in total. The predicted octanol–water partition coefficient (Wildman–Crippen LogP) is 2.27. The molecule has 0 aromatic carbocycles. The van der Waals surface area contributed by atoms with Gasteiger partial charge in [0.2, 0.25) is 5.91 Å². The number of nitrogens with one attached hydrogen (secondary N) is 1. The van der Waals surface area contributed by atoms with Crippen LogP contribution in [-0.4, -0.2) is 27.0 Å². The normalized spacial score (nSPS) is 12.0. The third-order valence-electron chi connectivity index (χ3n) is 3.09. The minimum absolute atomic E-state index is 0.150. The van der Waals surface area contributed by atoms with Gasteiger partial charge in [-0.3, -0.25) is 9.78 Å². The van der Waals surface area contributed by atoms with Gasteiger partial charge < -0.3 is 10.4 Å². The van der Waals surface area contributed by atoms with E-state index in [-0.39, 0.29) is 23.2 Å². The molecule has 2 N–H and O–H groups in total. The zero-order chi connectivity index (χ0) is 16.3. The molecule has 0 aliphatic carbocycles. The predicted molar refractivity (Wildman–Crippen MR) is 83.0 cm³/mol. The minimum Gasteiger partial charge on any atom is -0.477 e. The summed E-state index contributed by atoms with van der Waals surface area (Å²) in [4.78, 5) is 31.6. The first-order valence-corrected chi connectivity index (χ1v) is 7.60. The Labute approximate surface area is 132 Å². The van der Waals surface area contributed by atoms with Crippen molar-refractivity contribution in [2.75, 3.05) is 0 Å². The Bertz CT molecular complexity index is 695. The topological polar surface area (TPSA) is 92.2 Å². The Morgan fingerprint density at radius 2 is 2.09 bits per heavy atom. The summed E-state index contributed by atoms with van der Waals surface area (Å²) in [6.45, 7) is 5.32. The second-order valence-corrected chi connectivity index (χ2v) is 6.08. The van der Waals surface area contributed by atoms with E-state index in [0.29, 0.717) is 10.7 Å². The molecule has 0 saturated heterocycles. The quantitative estimate of drug-likeness (QED) is 0.882. The molecule has 0 saturated carbocycles. The van der Waals surface area contributed by atoms with Gasteiger partial charge in [0.05, 0.1) is 18.2 Å². The highest BCUT2D eigenvalue weighted by atomic mass is 32.1. The van der Waals surface area contributed by atoms with Crippen molar-refractivity contribution in [2.24, 2.45) is 0 Å². The lowest BCUT2D eigenvalue weighted by atomic mass is 10.2. The van der Waals surface area contributed by atoms with Crippen LogP contribution in [0.15, 0.2) is 18.3 Å². The maximum atomic E-state index is 12.0. The minimum atomic E-state index is -0.995. The largest absolute Gasteiger partial charge is 0.477 e. The molecule has 0 aliphatic heterocycles. The van der Waals surface area contributed by atoms with Crippen LogP contribution in [0.2, 0.25) is 0 Å². The number of carbonyl (C=O) groups is 2. The average Bonchev–Trinajstić information content (AvgIpc) is 2.83. The van der Waals surface area contributed by atoms with Crippen LogP contribution < -0.4 is 5.32 Å². The summed E-state index contributed by atoms with van der Waals surface area (Å²) in [5.74, 6) is -1.15. The van der Waals surface area contributed by atoms with Gasteiger partial charge in [0.1, 0.15) is 9.88 Å². The first-order valence-electron chi connectivity index (χ1n) is 6.78. The highest BCUT2D eigenvalue weighted by Gasteiger charge is 2.19. The molecule has 2 heterocycles. The van der Waals surface area contributed by atoms with Crippen LogP contribution in [0, 0.1) is 13.8 Å². The molecular weight excluding hydrogens is 302 g/mol. The van der Waals surface area contributed by atoms with Crippen molar-refractivity contribution in [3.8, 4) is 0 Å². The molecule has 0 bridgehead atoms. The van der Waals surface area contributed by atoms with Crippen molar-refractivity contribution < 1.29 is 14.7 Å². The van der Waals surface area contributed by atoms with E-state index in [2.05, 4.69) is 15.3 Å². The van der Waals surface area contributed by atoms with Crippen molar-refractivity contribution in [1.82, 2.24) is 15.3 Å². The average molecular weight is 319 g/mol. The van der Waals surface area contributed by atoms with Gasteiger partial charge in [-0.2, -0.15) is 0 Å². The van der Waals surface area contributed by atoms with Gasteiger partial charge in [-0.25, -0.2) is 9.78 Å². The van der Waals surface area contributed by atoms with E-state index >= 15 is 0 Å². The number of amides is 1. The van der Waals surface area contributed by atoms with Gasteiger partial charge in [-0.1, -0.05) is 6.07 Å². The molecule has 1 amide bonds. The maximum absolute atomic E-state index is 12.0. The number of thiazole rings is 1. The van der Waals surface area contributed by atoms with E-state index in [9.17, 15) is 9.59 Å². The van der Waals surface area contributed by atoms with E-state index in [1.165, 1.54) is 0 Å². The molecule has 116 valence electrons. The third-order valence-corrected chi connectivity index (χ3v) is 4.42. The number of rotatable bonds is 5. The highest BCUT2D eigenvalue weighted by molar-refractivity contribution is 7.13. The van der Waals surface area contributed by atoms with E-state index in [1.807, 2.05) is 19.1 Å². The van der Waals surface area contributed by atoms with E-state index in [0.717, 1.165) is 22.6 Å². The molecule has 0 radical (unpaired) electrons. The molecule has 7 heteroatoms. The lowest BCUT2D eigenvalue weighted by Crippen LogP contribution is -2.28. The van der Waals surface area contributed by atoms with E-state index in [1.54, 1.807) is 20.0 Å². The van der Waals surface area contributed by atoms with Crippen molar-refractivity contribution in [1.29, 1.82) is 0 Å². The first kappa shape index (κ1) is 16.1. The fourth-order valence-electron chi connectivity index (χ4n) is 1.94. The van der Waals surface area contributed by atoms with Crippen LogP contribution >= 0.6 is 11.3 Å². The fraction of sp³-hybridized carbons (Fsp3) is 0.333. The van der Waals surface area contributed by atoms with Gasteiger partial charge in [-0.05, 0) is 32.4 Å². The van der Waals surface area contributed by atoms with Crippen LogP contribution in [-0.2, 0) is 11.2 Å². The Morgan fingerprint density at radius 1 is 1.36 bits per heavy atom. The van der Waals surface area contributed by atoms with Crippen LogP contribution in [0.4, 0.5) is 0 Å². The first-order chi connectivity index (χ1) is 10.4. The van der Waals surface area contributed by atoms with E-state index in [4.69, 9.17) is 5.11 Å². The Morgan fingerprint density at radius 3 is 2.64 bits per heavy atom. The standard InChI is InChI=1S/C15H17N3O3S/c1-8-4-5-11(7-16-8)6-12(19)17-10(3)14-18-9(2)13(22-14)15(20)21/h4-5,7,10H,6H2,1-3H3,(H,17,19)(H,20,21). The smallest absolute Gasteiger partial charge is 0.347 e. The number of aromatic nitrogens is 2. The third kappa shape index (κ3) is 3.88. The number of nitrogens with zero attached hydrogens (tertiary/aromatic N) is 2. The van der Waals surface area contributed by atoms with Gasteiger partial charge >= 0.3 is 5.97 Å². The van der Waals surface area contributed by atoms with Crippen molar-refractivity contribution in [3.63, 3.8) is 0 Å². The Hall–Kier alpha value is -2.28. The molecule has 22 heavy (non-hydrogen) atoms. The molecule has 0 spiro atoms. The molecular formula is C15H17N3O3S. The van der Waals surface area contributed by atoms with Gasteiger partial charge in [0.25, 0.3) is 0 Å². The molecule has 2 aromatic rings. The number of hydrogen-bond acceptors (Lipinski definition) is 5. The summed E-state index contributed by atoms with van der Waals surface area (Å²) in [5, 5.41) is 12.5. The molecule has 1 atom stereocenters. The van der Waals surface area contributed by atoms with Gasteiger partial charge in [0.15, 0.2) is 0 Å². The highest BCUT2D eigenvalue weighted by Crippen LogP contribution is 2.23. The summed E-state index contributed by atoms with van der Waals surface area (Å²) in [5.41, 5.74) is 2.20. The van der Waals surface area contributed by atoms with Crippen molar-refractivity contribution in [2.45, 2.75) is 33.2 Å². The molecule has 0 fully saturated rings. The number of aromatic carboxylic acids is 1. The number of carboxylic acids is 1. The molecule has 1 unspecified atom stereocenters. The number of hydrogen-bond donors (Lipinski definition) is 2. The van der Waals surface area contributed by atoms with Crippen LogP contribution in [0.1, 0.15) is 44.6 Å². The second-order valence-electron chi connectivity index (χ2n) is 5.05. The lowest BCUT2D eigenvalue weighted by Gasteiger charge is -2.11. The van der Waals surface area contributed by atoms with Gasteiger partial charge in [0, 0.05) is 11.9 Å². The van der Waals surface area contributed by atoms with Crippen LogP contribution in [0.5, 0.6) is 0 Å². The second kappa shape index (κ2) is 6.65.